The molecule has 0 radical (unpaired) electrons. The summed E-state index contributed by atoms with van der Waals surface area (Å²) in [6, 6.07) is 18.6. The minimum atomic E-state index is -0.698. The molecule has 3 nitrogen and oxygen atoms in total. The zero-order chi connectivity index (χ0) is 18.1. The summed E-state index contributed by atoms with van der Waals surface area (Å²) in [5.74, 6) is -1.00. The number of hydrogen-bond donors (Lipinski definition) is 1. The lowest BCUT2D eigenvalue weighted by molar-refractivity contribution is -0.143. The van der Waals surface area contributed by atoms with Gasteiger partial charge < -0.3 is 5.11 Å². The molecule has 5 heteroatoms. The van der Waals surface area contributed by atoms with Gasteiger partial charge in [0.05, 0.1) is 12.0 Å². The van der Waals surface area contributed by atoms with Crippen molar-refractivity contribution in [2.45, 2.75) is 18.9 Å². The highest BCUT2D eigenvalue weighted by Crippen LogP contribution is 2.39. The Labute approximate surface area is 161 Å². The number of carboxylic acids is 1. The Morgan fingerprint density at radius 2 is 2.04 bits per heavy atom. The standard InChI is InChI=1S/C21H20ClNO2S/c22-17-8-3-6-15(11-17)20(23-10-4-7-16(13-23)21(24)25)19-12-14-5-1-2-9-18(14)26-19/h1-3,5-6,8-9,11-12,16,20H,4,7,10,13H2,(H,24,25). The van der Waals surface area contributed by atoms with E-state index in [2.05, 4.69) is 41.3 Å². The summed E-state index contributed by atoms with van der Waals surface area (Å²) in [4.78, 5) is 15.1. The Kier molecular flexibility index (Phi) is 4.98. The monoisotopic (exact) mass is 385 g/mol. The summed E-state index contributed by atoms with van der Waals surface area (Å²) in [7, 11) is 0. The third-order valence-corrected chi connectivity index (χ3v) is 6.45. The van der Waals surface area contributed by atoms with Gasteiger partial charge >= 0.3 is 5.97 Å². The summed E-state index contributed by atoms with van der Waals surface area (Å²) in [6.45, 7) is 1.47. The lowest BCUT2D eigenvalue weighted by Crippen LogP contribution is -2.41. The molecule has 1 fully saturated rings. The van der Waals surface area contributed by atoms with Crippen molar-refractivity contribution in [1.29, 1.82) is 0 Å². The largest absolute Gasteiger partial charge is 0.481 e. The maximum absolute atomic E-state index is 11.5. The minimum Gasteiger partial charge on any atom is -0.481 e. The van der Waals surface area contributed by atoms with Crippen molar-refractivity contribution in [3.63, 3.8) is 0 Å². The van der Waals surface area contributed by atoms with Crippen LogP contribution < -0.4 is 0 Å². The van der Waals surface area contributed by atoms with Crippen LogP contribution in [0.5, 0.6) is 0 Å². The van der Waals surface area contributed by atoms with Crippen molar-refractivity contribution in [3.8, 4) is 0 Å². The van der Waals surface area contributed by atoms with Crippen molar-refractivity contribution in [3.05, 3.63) is 70.1 Å². The number of benzene rings is 2. The van der Waals surface area contributed by atoms with Gasteiger partial charge in [0.15, 0.2) is 0 Å². The predicted octanol–water partition coefficient (Wildman–Crippen LogP) is 5.44. The fourth-order valence-corrected chi connectivity index (χ4v) is 5.24. The summed E-state index contributed by atoms with van der Waals surface area (Å²) in [5, 5.41) is 11.4. The second-order valence-electron chi connectivity index (χ2n) is 6.82. The fraction of sp³-hybridized carbons (Fsp3) is 0.286. The quantitative estimate of drug-likeness (QED) is 0.650. The van der Waals surface area contributed by atoms with Crippen molar-refractivity contribution in [1.82, 2.24) is 4.90 Å². The van der Waals surface area contributed by atoms with Crippen LogP contribution >= 0.6 is 22.9 Å². The van der Waals surface area contributed by atoms with Crippen molar-refractivity contribution >= 4 is 39.0 Å². The topological polar surface area (TPSA) is 40.5 Å². The molecule has 134 valence electrons. The van der Waals surface area contributed by atoms with Crippen LogP contribution in [0.25, 0.3) is 10.1 Å². The third-order valence-electron chi connectivity index (χ3n) is 5.05. The highest BCUT2D eigenvalue weighted by Gasteiger charge is 2.32. The highest BCUT2D eigenvalue weighted by molar-refractivity contribution is 7.19. The Balaban J connectivity index is 1.77. The molecule has 1 aliphatic heterocycles. The Morgan fingerprint density at radius 3 is 2.81 bits per heavy atom. The number of aliphatic carboxylic acids is 1. The number of halogens is 1. The molecule has 2 unspecified atom stereocenters. The Bertz CT molecular complexity index is 905. The number of hydrogen-bond acceptors (Lipinski definition) is 3. The summed E-state index contributed by atoms with van der Waals surface area (Å²) < 4.78 is 1.25. The molecule has 3 aromatic rings. The maximum Gasteiger partial charge on any atom is 0.307 e. The van der Waals surface area contributed by atoms with E-state index in [1.165, 1.54) is 15.0 Å². The molecule has 0 spiro atoms. The Morgan fingerprint density at radius 1 is 1.19 bits per heavy atom. The summed E-state index contributed by atoms with van der Waals surface area (Å²) in [6.07, 6.45) is 1.65. The smallest absolute Gasteiger partial charge is 0.307 e. The van der Waals surface area contributed by atoms with Crippen LogP contribution in [0.4, 0.5) is 0 Å². The molecule has 0 bridgehead atoms. The van der Waals surface area contributed by atoms with E-state index in [1.54, 1.807) is 11.3 Å². The molecule has 2 aromatic carbocycles. The lowest BCUT2D eigenvalue weighted by Gasteiger charge is -2.37. The summed E-state index contributed by atoms with van der Waals surface area (Å²) in [5.41, 5.74) is 1.12. The molecular weight excluding hydrogens is 366 g/mol. The molecule has 0 amide bonds. The average molecular weight is 386 g/mol. The van der Waals surface area contributed by atoms with Gasteiger partial charge in [-0.2, -0.15) is 0 Å². The molecule has 1 aromatic heterocycles. The number of nitrogens with zero attached hydrogens (tertiary/aromatic N) is 1. The van der Waals surface area contributed by atoms with Crippen LogP contribution in [-0.2, 0) is 4.79 Å². The average Bonchev–Trinajstić information content (AvgIpc) is 3.05. The third kappa shape index (κ3) is 3.50. The first-order chi connectivity index (χ1) is 12.6. The molecule has 1 N–H and O–H groups in total. The maximum atomic E-state index is 11.5. The van der Waals surface area contributed by atoms with E-state index in [9.17, 15) is 9.90 Å². The molecule has 2 heterocycles. The number of carbonyl (C=O) groups is 1. The van der Waals surface area contributed by atoms with Crippen LogP contribution in [0.15, 0.2) is 54.6 Å². The van der Waals surface area contributed by atoms with E-state index in [0.29, 0.717) is 11.6 Å². The highest BCUT2D eigenvalue weighted by atomic mass is 35.5. The first-order valence-electron chi connectivity index (χ1n) is 8.82. The van der Waals surface area contributed by atoms with E-state index in [0.717, 1.165) is 24.9 Å². The van der Waals surface area contributed by atoms with Gasteiger partial charge in [-0.25, -0.2) is 0 Å². The molecule has 1 saturated heterocycles. The van der Waals surface area contributed by atoms with Crippen molar-refractivity contribution in [2.75, 3.05) is 13.1 Å². The second-order valence-corrected chi connectivity index (χ2v) is 8.37. The molecule has 1 aliphatic rings. The van der Waals surface area contributed by atoms with Crippen LogP contribution in [0.2, 0.25) is 5.02 Å². The SMILES string of the molecule is O=C(O)C1CCCN(C(c2cccc(Cl)c2)c2cc3ccccc3s2)C1. The van der Waals surface area contributed by atoms with Crippen LogP contribution in [0.1, 0.15) is 29.3 Å². The molecular formula is C21H20ClNO2S. The lowest BCUT2D eigenvalue weighted by atomic mass is 9.94. The van der Waals surface area contributed by atoms with E-state index < -0.39 is 5.97 Å². The molecule has 4 rings (SSSR count). The predicted molar refractivity (Wildman–Crippen MR) is 107 cm³/mol. The van der Waals surface area contributed by atoms with Gasteiger partial charge in [0.1, 0.15) is 0 Å². The van der Waals surface area contributed by atoms with Gasteiger partial charge in [-0.05, 0) is 54.6 Å². The van der Waals surface area contributed by atoms with Crippen LogP contribution in [-0.4, -0.2) is 29.1 Å². The Hall–Kier alpha value is -1.88. The fourth-order valence-electron chi connectivity index (χ4n) is 3.81. The first kappa shape index (κ1) is 17.5. The zero-order valence-electron chi connectivity index (χ0n) is 14.3. The van der Waals surface area contributed by atoms with Gasteiger partial charge in [-0.15, -0.1) is 11.3 Å². The molecule has 0 aliphatic carbocycles. The number of likely N-dealkylation sites (tertiary alicyclic amines) is 1. The van der Waals surface area contributed by atoms with Gasteiger partial charge in [-0.3, -0.25) is 9.69 Å². The van der Waals surface area contributed by atoms with Gasteiger partial charge in [0.2, 0.25) is 0 Å². The van der Waals surface area contributed by atoms with E-state index in [1.807, 2.05) is 18.2 Å². The molecule has 2 atom stereocenters. The zero-order valence-corrected chi connectivity index (χ0v) is 15.8. The van der Waals surface area contributed by atoms with Gasteiger partial charge in [-0.1, -0.05) is 41.9 Å². The van der Waals surface area contributed by atoms with Crippen LogP contribution in [0.3, 0.4) is 0 Å². The van der Waals surface area contributed by atoms with Gasteiger partial charge in [0.25, 0.3) is 0 Å². The number of fused-ring (bicyclic) bond motifs is 1. The molecule has 0 saturated carbocycles. The molecule has 26 heavy (non-hydrogen) atoms. The minimum absolute atomic E-state index is 0.0354. The summed E-state index contributed by atoms with van der Waals surface area (Å²) >= 11 is 8.04. The normalized spacial score (nSPS) is 19.5. The first-order valence-corrected chi connectivity index (χ1v) is 10.0. The van der Waals surface area contributed by atoms with Gasteiger partial charge in [0, 0.05) is 21.1 Å². The van der Waals surface area contributed by atoms with E-state index >= 15 is 0 Å². The second kappa shape index (κ2) is 7.39. The number of rotatable bonds is 4. The number of carboxylic acid groups (broad SMARTS) is 1. The number of thiophene rings is 1. The van der Waals surface area contributed by atoms with Crippen LogP contribution in [0, 0.1) is 5.92 Å². The number of piperidine rings is 1. The van der Waals surface area contributed by atoms with Crippen molar-refractivity contribution < 1.29 is 9.90 Å². The van der Waals surface area contributed by atoms with E-state index in [-0.39, 0.29) is 12.0 Å². The van der Waals surface area contributed by atoms with E-state index in [4.69, 9.17) is 11.6 Å². The van der Waals surface area contributed by atoms with Crippen molar-refractivity contribution in [2.24, 2.45) is 5.92 Å².